The molecule has 1 atom stereocenters. The van der Waals surface area contributed by atoms with E-state index in [2.05, 4.69) is 6.92 Å². The number of fused-ring (bicyclic) bond motifs is 2. The van der Waals surface area contributed by atoms with Gasteiger partial charge in [0.1, 0.15) is 0 Å². The minimum Gasteiger partial charge on any atom is -0.452 e. The van der Waals surface area contributed by atoms with Gasteiger partial charge >= 0.3 is 5.97 Å². The normalized spacial score (nSPS) is 15.0. The second kappa shape index (κ2) is 9.84. The lowest BCUT2D eigenvalue weighted by Gasteiger charge is -2.24. The number of hydrogen-bond donors (Lipinski definition) is 0. The van der Waals surface area contributed by atoms with Gasteiger partial charge in [-0.15, -0.1) is 0 Å². The van der Waals surface area contributed by atoms with Crippen LogP contribution in [-0.2, 0) is 22.4 Å². The monoisotopic (exact) mass is 404 g/mol. The molecule has 0 spiro atoms. The molecule has 2 aromatic rings. The highest BCUT2D eigenvalue weighted by molar-refractivity contribution is 6.05. The minimum atomic E-state index is -0.534. The van der Waals surface area contributed by atoms with Crippen molar-refractivity contribution in [1.29, 1.82) is 10.5 Å². The number of aryl methyl sites for hydroxylation is 1. The summed E-state index contributed by atoms with van der Waals surface area (Å²) in [6, 6.07) is 11.4. The molecule has 0 aliphatic heterocycles. The van der Waals surface area contributed by atoms with Crippen molar-refractivity contribution < 1.29 is 14.3 Å². The van der Waals surface area contributed by atoms with E-state index in [1.54, 1.807) is 0 Å². The van der Waals surface area contributed by atoms with Gasteiger partial charge in [-0.25, -0.2) is 4.79 Å². The summed E-state index contributed by atoms with van der Waals surface area (Å²) in [7, 11) is 0. The van der Waals surface area contributed by atoms with E-state index in [9.17, 15) is 9.59 Å². The molecule has 0 radical (unpaired) electrons. The number of benzene rings is 1. The first-order valence-corrected chi connectivity index (χ1v) is 10.1. The lowest BCUT2D eigenvalue weighted by Crippen LogP contribution is -2.36. The van der Waals surface area contributed by atoms with Crippen LogP contribution in [-0.4, -0.2) is 41.5 Å². The van der Waals surface area contributed by atoms with Crippen LogP contribution < -0.4 is 0 Å². The number of pyridine rings is 1. The van der Waals surface area contributed by atoms with Crippen molar-refractivity contribution in [3.8, 4) is 12.1 Å². The lowest BCUT2D eigenvalue weighted by molar-refractivity contribution is -0.134. The number of carbonyl (C=O) groups excluding carboxylic acids is 2. The number of esters is 1. The maximum Gasteiger partial charge on any atom is 0.339 e. The van der Waals surface area contributed by atoms with Crippen LogP contribution >= 0.6 is 0 Å². The molecule has 1 aromatic carbocycles. The summed E-state index contributed by atoms with van der Waals surface area (Å²) >= 11 is 0. The number of aromatic nitrogens is 1. The molecule has 30 heavy (non-hydrogen) atoms. The number of carbonyl (C=O) groups is 2. The van der Waals surface area contributed by atoms with Gasteiger partial charge in [-0.3, -0.25) is 9.78 Å². The van der Waals surface area contributed by atoms with Crippen molar-refractivity contribution in [3.63, 3.8) is 0 Å². The second-order valence-electron chi connectivity index (χ2n) is 7.55. The Morgan fingerprint density at radius 2 is 1.90 bits per heavy atom. The first-order valence-electron chi connectivity index (χ1n) is 10.1. The van der Waals surface area contributed by atoms with Crippen LogP contribution in [0.4, 0.5) is 0 Å². The summed E-state index contributed by atoms with van der Waals surface area (Å²) in [5, 5.41) is 18.3. The average molecular weight is 404 g/mol. The lowest BCUT2D eigenvalue weighted by atomic mass is 9.84. The molecule has 0 N–H and O–H groups in total. The molecule has 3 rings (SSSR count). The van der Waals surface area contributed by atoms with Gasteiger partial charge in [0.2, 0.25) is 0 Å². The number of nitriles is 2. The summed E-state index contributed by atoms with van der Waals surface area (Å²) in [6.07, 6.45) is 2.91. The summed E-state index contributed by atoms with van der Waals surface area (Å²) in [4.78, 5) is 31.7. The number of para-hydroxylation sites is 1. The third-order valence-electron chi connectivity index (χ3n) is 5.38. The van der Waals surface area contributed by atoms with Crippen molar-refractivity contribution in [1.82, 2.24) is 9.88 Å². The Morgan fingerprint density at radius 3 is 2.60 bits per heavy atom. The predicted molar refractivity (Wildman–Crippen MR) is 110 cm³/mol. The van der Waals surface area contributed by atoms with Gasteiger partial charge in [0.15, 0.2) is 6.61 Å². The molecule has 0 bridgehead atoms. The Kier molecular flexibility index (Phi) is 6.98. The first-order chi connectivity index (χ1) is 14.5. The third-order valence-corrected chi connectivity index (χ3v) is 5.38. The van der Waals surface area contributed by atoms with Gasteiger partial charge in [0, 0.05) is 24.2 Å². The highest BCUT2D eigenvalue weighted by Crippen LogP contribution is 2.32. The smallest absolute Gasteiger partial charge is 0.339 e. The van der Waals surface area contributed by atoms with Crippen LogP contribution in [0.1, 0.15) is 47.8 Å². The van der Waals surface area contributed by atoms with E-state index < -0.39 is 18.5 Å². The Bertz CT molecular complexity index is 1020. The van der Waals surface area contributed by atoms with Gasteiger partial charge in [0.05, 0.1) is 36.1 Å². The molecule has 0 saturated heterocycles. The number of amides is 1. The molecule has 1 aliphatic carbocycles. The van der Waals surface area contributed by atoms with Gasteiger partial charge in [0.25, 0.3) is 5.91 Å². The molecule has 0 fully saturated rings. The molecule has 1 amide bonds. The van der Waals surface area contributed by atoms with Gasteiger partial charge in [-0.2, -0.15) is 10.5 Å². The minimum absolute atomic E-state index is 0.158. The molecular formula is C23H24N4O3. The Morgan fingerprint density at radius 1 is 1.20 bits per heavy atom. The SMILES string of the molecule is C[C@H]1CCc2nc3ccccc3c(C(=O)OCC(=O)N(CCC#N)CCC#N)c2C1. The largest absolute Gasteiger partial charge is 0.452 e. The summed E-state index contributed by atoms with van der Waals surface area (Å²) < 4.78 is 5.42. The fourth-order valence-corrected chi connectivity index (χ4v) is 3.82. The van der Waals surface area contributed by atoms with Crippen LogP contribution in [0.3, 0.4) is 0 Å². The van der Waals surface area contributed by atoms with E-state index in [1.165, 1.54) is 4.90 Å². The van der Waals surface area contributed by atoms with E-state index >= 15 is 0 Å². The Hall–Kier alpha value is -3.45. The topological polar surface area (TPSA) is 107 Å². The van der Waals surface area contributed by atoms with Crippen LogP contribution in [0.2, 0.25) is 0 Å². The fourth-order valence-electron chi connectivity index (χ4n) is 3.82. The highest BCUT2D eigenvalue weighted by atomic mass is 16.5. The molecule has 1 heterocycles. The van der Waals surface area contributed by atoms with E-state index in [1.807, 2.05) is 36.4 Å². The van der Waals surface area contributed by atoms with E-state index in [0.717, 1.165) is 41.4 Å². The molecule has 1 aliphatic rings. The quantitative estimate of drug-likeness (QED) is 0.656. The number of ether oxygens (including phenoxy) is 1. The van der Waals surface area contributed by atoms with Crippen LogP contribution in [0.5, 0.6) is 0 Å². The zero-order valence-electron chi connectivity index (χ0n) is 17.1. The summed E-state index contributed by atoms with van der Waals surface area (Å²) in [6.45, 7) is 2.15. The van der Waals surface area contributed by atoms with Crippen molar-refractivity contribution in [2.24, 2.45) is 5.92 Å². The average Bonchev–Trinajstić information content (AvgIpc) is 2.75. The number of rotatable bonds is 7. The number of hydrogen-bond acceptors (Lipinski definition) is 6. The number of nitrogens with zero attached hydrogens (tertiary/aromatic N) is 4. The zero-order chi connectivity index (χ0) is 21.5. The Labute approximate surface area is 175 Å². The molecule has 1 aromatic heterocycles. The van der Waals surface area contributed by atoms with E-state index in [0.29, 0.717) is 11.5 Å². The molecule has 7 heteroatoms. The highest BCUT2D eigenvalue weighted by Gasteiger charge is 2.27. The molecule has 154 valence electrons. The van der Waals surface area contributed by atoms with Crippen LogP contribution in [0.15, 0.2) is 24.3 Å². The van der Waals surface area contributed by atoms with Crippen molar-refractivity contribution in [2.45, 2.75) is 39.0 Å². The first kappa shape index (κ1) is 21.3. The van der Waals surface area contributed by atoms with Crippen molar-refractivity contribution >= 4 is 22.8 Å². The summed E-state index contributed by atoms with van der Waals surface area (Å²) in [5.41, 5.74) is 3.08. The van der Waals surface area contributed by atoms with E-state index in [4.69, 9.17) is 20.2 Å². The van der Waals surface area contributed by atoms with Gasteiger partial charge < -0.3 is 9.64 Å². The van der Waals surface area contributed by atoms with Crippen molar-refractivity contribution in [3.05, 3.63) is 41.1 Å². The van der Waals surface area contributed by atoms with E-state index in [-0.39, 0.29) is 25.9 Å². The molecule has 0 saturated carbocycles. The maximum absolute atomic E-state index is 13.1. The van der Waals surface area contributed by atoms with Crippen LogP contribution in [0.25, 0.3) is 10.9 Å². The summed E-state index contributed by atoms with van der Waals surface area (Å²) in [5.74, 6) is -0.497. The molecule has 0 unspecified atom stereocenters. The second-order valence-corrected chi connectivity index (χ2v) is 7.55. The van der Waals surface area contributed by atoms with Gasteiger partial charge in [-0.05, 0) is 36.8 Å². The third kappa shape index (κ3) is 4.75. The molecular weight excluding hydrogens is 380 g/mol. The van der Waals surface area contributed by atoms with Crippen LogP contribution in [0, 0.1) is 28.6 Å². The molecule has 7 nitrogen and oxygen atoms in total. The Balaban J connectivity index is 1.83. The fraction of sp³-hybridized carbons (Fsp3) is 0.435. The van der Waals surface area contributed by atoms with Gasteiger partial charge in [-0.1, -0.05) is 25.1 Å². The maximum atomic E-state index is 13.1. The zero-order valence-corrected chi connectivity index (χ0v) is 17.1. The standard InChI is InChI=1S/C23H24N4O3/c1-16-8-9-20-18(14-16)22(17-6-2-3-7-19(17)26-20)23(29)30-15-21(28)27(12-4-10-24)13-5-11-25/h2-3,6-7,16H,4-5,8-9,12-15H2,1H3/t16-/m0/s1. The van der Waals surface area contributed by atoms with Crippen molar-refractivity contribution in [2.75, 3.05) is 19.7 Å². The predicted octanol–water partition coefficient (Wildman–Crippen LogP) is 3.17.